The summed E-state index contributed by atoms with van der Waals surface area (Å²) in [6, 6.07) is 16.8. The molecule has 2 aliphatic heterocycles. The average Bonchev–Trinajstić information content (AvgIpc) is 3.24. The summed E-state index contributed by atoms with van der Waals surface area (Å²) in [7, 11) is 0. The van der Waals surface area contributed by atoms with Gasteiger partial charge in [0.25, 0.3) is 0 Å². The fraction of sp³-hybridized carbons (Fsp3) is 0.167. The summed E-state index contributed by atoms with van der Waals surface area (Å²) in [4.78, 5) is 14.7. The fourth-order valence-electron chi connectivity index (χ4n) is 5.39. The molecule has 0 bridgehead atoms. The van der Waals surface area contributed by atoms with E-state index in [1.54, 1.807) is 6.08 Å². The molecule has 0 amide bonds. The summed E-state index contributed by atoms with van der Waals surface area (Å²) in [5, 5.41) is 2.05. The van der Waals surface area contributed by atoms with Crippen LogP contribution in [0.5, 0.6) is 0 Å². The van der Waals surface area contributed by atoms with Crippen molar-refractivity contribution >= 4 is 33.5 Å². The number of aromatic nitrogens is 1. The molecule has 0 saturated carbocycles. The maximum absolute atomic E-state index is 6.34. The molecule has 4 aromatic rings. The molecular formula is C30H25N3O. The highest BCUT2D eigenvalue weighted by Gasteiger charge is 2.33. The van der Waals surface area contributed by atoms with Crippen LogP contribution in [-0.2, 0) is 6.42 Å². The minimum atomic E-state index is -0.150. The summed E-state index contributed by atoms with van der Waals surface area (Å²) in [6.07, 6.45) is 5.41. The first-order chi connectivity index (χ1) is 16.6. The van der Waals surface area contributed by atoms with E-state index in [2.05, 4.69) is 67.2 Å². The molecular weight excluding hydrogens is 418 g/mol. The van der Waals surface area contributed by atoms with Crippen molar-refractivity contribution < 1.29 is 4.42 Å². The number of allylic oxidation sites excluding steroid dienone is 2. The SMILES string of the molecule is C=CC1=NC2C(=C)N=C(C=C)c3c(ccc4c3oc3nc(C)ccc34)CCC2c2ccccc21. The topological polar surface area (TPSA) is 50.8 Å². The van der Waals surface area contributed by atoms with Crippen LogP contribution in [0.4, 0.5) is 0 Å². The Morgan fingerprint density at radius 2 is 1.76 bits per heavy atom. The predicted molar refractivity (Wildman–Crippen MR) is 140 cm³/mol. The van der Waals surface area contributed by atoms with Crippen molar-refractivity contribution in [2.45, 2.75) is 31.7 Å². The highest BCUT2D eigenvalue weighted by molar-refractivity contribution is 6.20. The number of aryl methyl sites for hydroxylation is 2. The molecule has 4 heteroatoms. The van der Waals surface area contributed by atoms with Gasteiger partial charge in [0.1, 0.15) is 5.58 Å². The highest BCUT2D eigenvalue weighted by Crippen LogP contribution is 2.40. The van der Waals surface area contributed by atoms with E-state index in [0.29, 0.717) is 5.71 Å². The summed E-state index contributed by atoms with van der Waals surface area (Å²) in [6.45, 7) is 14.4. The van der Waals surface area contributed by atoms with Crippen molar-refractivity contribution in [3.63, 3.8) is 0 Å². The number of fused-ring (bicyclic) bond motifs is 8. The molecule has 2 aromatic heterocycles. The van der Waals surface area contributed by atoms with Crippen molar-refractivity contribution in [2.75, 3.05) is 0 Å². The number of furan rings is 1. The van der Waals surface area contributed by atoms with Gasteiger partial charge in [-0.3, -0.25) is 9.98 Å². The Morgan fingerprint density at radius 1 is 0.971 bits per heavy atom. The van der Waals surface area contributed by atoms with E-state index in [1.807, 2.05) is 19.1 Å². The molecule has 2 atom stereocenters. The highest BCUT2D eigenvalue weighted by atomic mass is 16.3. The fourth-order valence-corrected chi connectivity index (χ4v) is 5.39. The van der Waals surface area contributed by atoms with Gasteiger partial charge in [-0.05, 0) is 55.2 Å². The molecule has 0 radical (unpaired) electrons. The zero-order valence-corrected chi connectivity index (χ0v) is 19.2. The number of pyridine rings is 1. The minimum Gasteiger partial charge on any atom is -0.437 e. The van der Waals surface area contributed by atoms with Crippen LogP contribution in [0, 0.1) is 6.92 Å². The molecule has 4 heterocycles. The second-order valence-electron chi connectivity index (χ2n) is 8.97. The Balaban J connectivity index is 1.59. The first kappa shape index (κ1) is 20.5. The number of hydrogen-bond acceptors (Lipinski definition) is 4. The Kier molecular flexibility index (Phi) is 4.70. The second-order valence-corrected chi connectivity index (χ2v) is 8.97. The van der Waals surface area contributed by atoms with Crippen LogP contribution in [-0.4, -0.2) is 22.4 Å². The first-order valence-corrected chi connectivity index (χ1v) is 11.6. The predicted octanol–water partition coefficient (Wildman–Crippen LogP) is 6.87. The lowest BCUT2D eigenvalue weighted by atomic mass is 9.79. The summed E-state index contributed by atoms with van der Waals surface area (Å²) in [5.41, 5.74) is 9.35. The van der Waals surface area contributed by atoms with Crippen molar-refractivity contribution in [3.8, 4) is 0 Å². The van der Waals surface area contributed by atoms with Gasteiger partial charge in [-0.25, -0.2) is 4.98 Å². The minimum absolute atomic E-state index is 0.150. The van der Waals surface area contributed by atoms with E-state index in [9.17, 15) is 0 Å². The van der Waals surface area contributed by atoms with Gasteiger partial charge in [0, 0.05) is 33.5 Å². The van der Waals surface area contributed by atoms with Gasteiger partial charge in [-0.1, -0.05) is 56.1 Å². The van der Waals surface area contributed by atoms with E-state index in [1.165, 1.54) is 11.1 Å². The zero-order chi connectivity index (χ0) is 23.4. The molecule has 0 saturated heterocycles. The molecule has 2 unspecified atom stereocenters. The smallest absolute Gasteiger partial charge is 0.227 e. The van der Waals surface area contributed by atoms with Gasteiger partial charge in [0.2, 0.25) is 5.71 Å². The van der Waals surface area contributed by atoms with Gasteiger partial charge < -0.3 is 4.42 Å². The maximum atomic E-state index is 6.34. The summed E-state index contributed by atoms with van der Waals surface area (Å²) < 4.78 is 6.34. The van der Waals surface area contributed by atoms with E-state index >= 15 is 0 Å². The van der Waals surface area contributed by atoms with Crippen molar-refractivity contribution in [1.82, 2.24) is 4.98 Å². The average molecular weight is 444 g/mol. The number of hydrogen-bond donors (Lipinski definition) is 0. The summed E-state index contributed by atoms with van der Waals surface area (Å²) >= 11 is 0. The van der Waals surface area contributed by atoms with Crippen molar-refractivity contribution in [1.29, 1.82) is 0 Å². The van der Waals surface area contributed by atoms with E-state index < -0.39 is 0 Å². The molecule has 166 valence electrons. The van der Waals surface area contributed by atoms with E-state index in [-0.39, 0.29) is 12.0 Å². The molecule has 0 N–H and O–H groups in total. The van der Waals surface area contributed by atoms with Gasteiger partial charge in [-0.2, -0.15) is 0 Å². The van der Waals surface area contributed by atoms with Crippen LogP contribution in [0.1, 0.15) is 40.3 Å². The lowest BCUT2D eigenvalue weighted by Crippen LogP contribution is -2.27. The molecule has 4 nitrogen and oxygen atoms in total. The third-order valence-corrected chi connectivity index (χ3v) is 7.00. The first-order valence-electron chi connectivity index (χ1n) is 11.6. The number of aliphatic imine (C=N–C) groups is 2. The molecule has 2 aliphatic rings. The number of rotatable bonds is 2. The second kappa shape index (κ2) is 7.77. The van der Waals surface area contributed by atoms with Crippen LogP contribution >= 0.6 is 0 Å². The molecule has 0 fully saturated rings. The van der Waals surface area contributed by atoms with E-state index in [0.717, 1.165) is 63.1 Å². The standard InChI is InChI=1S/C30H25N3O/c1-5-25-21-10-8-7-9-20(21)22-15-12-19-13-16-23-24-14-11-17(3)31-30(24)34-29(23)27(19)26(6-2)32-18(4)28(22)33-25/h5-11,13-14,16,22,28H,1-2,4,12,15H2,3H3. The maximum Gasteiger partial charge on any atom is 0.227 e. The quantitative estimate of drug-likeness (QED) is 0.340. The van der Waals surface area contributed by atoms with Crippen LogP contribution < -0.4 is 0 Å². The van der Waals surface area contributed by atoms with Gasteiger partial charge in [-0.15, -0.1) is 0 Å². The number of nitrogens with zero attached hydrogens (tertiary/aromatic N) is 3. The van der Waals surface area contributed by atoms with Gasteiger partial charge in [0.15, 0.2) is 0 Å². The lowest BCUT2D eigenvalue weighted by molar-refractivity contribution is 0.540. The monoisotopic (exact) mass is 443 g/mol. The van der Waals surface area contributed by atoms with Crippen LogP contribution in [0.3, 0.4) is 0 Å². The van der Waals surface area contributed by atoms with Crippen LogP contribution in [0.15, 0.2) is 101 Å². The normalized spacial score (nSPS) is 19.7. The lowest BCUT2D eigenvalue weighted by Gasteiger charge is -2.31. The van der Waals surface area contributed by atoms with Gasteiger partial charge in [0.05, 0.1) is 23.2 Å². The van der Waals surface area contributed by atoms with Crippen LogP contribution in [0.2, 0.25) is 0 Å². The Bertz CT molecular complexity index is 1580. The van der Waals surface area contributed by atoms with Crippen LogP contribution in [0.25, 0.3) is 22.1 Å². The Hall–Kier alpha value is -4.05. The Morgan fingerprint density at radius 3 is 2.59 bits per heavy atom. The summed E-state index contributed by atoms with van der Waals surface area (Å²) in [5.74, 6) is 0.184. The molecule has 6 rings (SSSR count). The third kappa shape index (κ3) is 3.02. The molecule has 0 spiro atoms. The van der Waals surface area contributed by atoms with Gasteiger partial charge >= 0.3 is 0 Å². The molecule has 2 aromatic carbocycles. The molecule has 0 aliphatic carbocycles. The largest absolute Gasteiger partial charge is 0.437 e. The zero-order valence-electron chi connectivity index (χ0n) is 19.2. The molecule has 34 heavy (non-hydrogen) atoms. The Labute approximate surface area is 198 Å². The number of benzene rings is 2. The van der Waals surface area contributed by atoms with Crippen molar-refractivity contribution in [2.24, 2.45) is 9.98 Å². The van der Waals surface area contributed by atoms with E-state index in [4.69, 9.17) is 14.4 Å². The third-order valence-electron chi connectivity index (χ3n) is 7.00. The van der Waals surface area contributed by atoms with Crippen molar-refractivity contribution in [3.05, 3.63) is 114 Å².